The minimum Gasteiger partial charge on any atom is -0.462 e. The third kappa shape index (κ3) is 62.0. The Balaban J connectivity index is 4.56. The van der Waals surface area contributed by atoms with Gasteiger partial charge in [-0.05, 0) is 109 Å². The quantitative estimate of drug-likeness (QED) is 0.0261. The lowest BCUT2D eigenvalue weighted by Gasteiger charge is -2.18. The lowest BCUT2D eigenvalue weighted by Crippen LogP contribution is -2.30. The van der Waals surface area contributed by atoms with E-state index in [1.807, 2.05) is 0 Å². The number of hydrogen-bond donors (Lipinski definition) is 0. The maximum absolute atomic E-state index is 12.9. The van der Waals surface area contributed by atoms with Crippen LogP contribution in [0, 0.1) is 0 Å². The molecule has 0 bridgehead atoms. The zero-order chi connectivity index (χ0) is 55.7. The number of rotatable bonds is 55. The van der Waals surface area contributed by atoms with Crippen molar-refractivity contribution in [3.8, 4) is 0 Å². The van der Waals surface area contributed by atoms with Crippen LogP contribution in [-0.4, -0.2) is 37.2 Å². The third-order valence-corrected chi connectivity index (χ3v) is 12.8. The van der Waals surface area contributed by atoms with E-state index in [-0.39, 0.29) is 44.0 Å². The van der Waals surface area contributed by atoms with Gasteiger partial charge in [0.1, 0.15) is 13.2 Å². The van der Waals surface area contributed by atoms with E-state index in [1.54, 1.807) is 0 Å². The van der Waals surface area contributed by atoms with Crippen molar-refractivity contribution in [2.24, 2.45) is 0 Å². The predicted octanol–water partition coefficient (Wildman–Crippen LogP) is 21.5. The molecule has 6 nitrogen and oxygen atoms in total. The minimum atomic E-state index is -0.831. The van der Waals surface area contributed by atoms with Crippen LogP contribution >= 0.6 is 0 Å². The van der Waals surface area contributed by atoms with Gasteiger partial charge in [0, 0.05) is 19.3 Å². The Morgan fingerprint density at radius 3 is 0.779 bits per heavy atom. The van der Waals surface area contributed by atoms with Crippen LogP contribution in [0.5, 0.6) is 0 Å². The van der Waals surface area contributed by atoms with Crippen molar-refractivity contribution in [3.63, 3.8) is 0 Å². The molecule has 0 aromatic heterocycles. The lowest BCUT2D eigenvalue weighted by atomic mass is 10.0. The van der Waals surface area contributed by atoms with E-state index in [1.165, 1.54) is 103 Å². The van der Waals surface area contributed by atoms with Crippen LogP contribution in [0.3, 0.4) is 0 Å². The van der Waals surface area contributed by atoms with Crippen molar-refractivity contribution in [2.75, 3.05) is 13.2 Å². The number of hydrogen-bond acceptors (Lipinski definition) is 6. The SMILES string of the molecule is CC/C=C\C/C=C\C/C=C\C/C=C\C/C=C\C/C=C\C/C=C\CCCC(=O)OCC(COC(=O)CCC/C=C\C/C=C\C/C=C\C/C=C\C/C=C\CC)OC(=O)CCCCCCCCCCCCCCCCCCCCC. The highest BCUT2D eigenvalue weighted by Crippen LogP contribution is 2.16. The first-order valence-corrected chi connectivity index (χ1v) is 31.3. The van der Waals surface area contributed by atoms with Crippen molar-refractivity contribution in [1.29, 1.82) is 0 Å². The molecule has 0 saturated heterocycles. The molecule has 6 heteroatoms. The lowest BCUT2D eigenvalue weighted by molar-refractivity contribution is -0.167. The van der Waals surface area contributed by atoms with Crippen molar-refractivity contribution in [1.82, 2.24) is 0 Å². The normalized spacial score (nSPS) is 13.1. The summed E-state index contributed by atoms with van der Waals surface area (Å²) in [6.07, 6.45) is 91.5. The standard InChI is InChI=1S/C71H114O6/c1-4-7-10-13-16-19-22-25-28-31-33-34-35-36-38-40-43-46-49-52-55-58-61-64-70(73)76-67-68(66-75-69(72)63-60-57-54-51-48-45-42-39-30-27-24-21-18-15-12-9-6-3)77-71(74)65-62-59-56-53-50-47-44-41-37-32-29-26-23-20-17-14-11-8-5-2/h7,9-10,12,16,18-19,21,25,27-28,30,33-34,36,38,42-43,45-46,51-52,54-55,68H,4-6,8,11,13-15,17,20,22-24,26,29,31-32,35,37,39-41,44,47-50,53,56-67H2,1-3H3/b10-7-,12-9-,19-16-,21-18-,28-25-,30-27-,34-33-,38-36-,45-42-,46-43-,54-51-,55-52-. The van der Waals surface area contributed by atoms with Crippen molar-refractivity contribution >= 4 is 17.9 Å². The molecular formula is C71H114O6. The number of allylic oxidation sites excluding steroid dienone is 24. The zero-order valence-corrected chi connectivity index (χ0v) is 49.7. The second-order valence-electron chi connectivity index (χ2n) is 20.2. The predicted molar refractivity (Wildman–Crippen MR) is 334 cm³/mol. The molecular weight excluding hydrogens is 949 g/mol. The Bertz CT molecular complexity index is 1700. The van der Waals surface area contributed by atoms with Gasteiger partial charge >= 0.3 is 17.9 Å². The molecule has 0 fully saturated rings. The van der Waals surface area contributed by atoms with Gasteiger partial charge in [-0.1, -0.05) is 282 Å². The van der Waals surface area contributed by atoms with Gasteiger partial charge in [0.25, 0.3) is 0 Å². The van der Waals surface area contributed by atoms with Crippen LogP contribution in [0.4, 0.5) is 0 Å². The summed E-state index contributed by atoms with van der Waals surface area (Å²) in [5.41, 5.74) is 0. The third-order valence-electron chi connectivity index (χ3n) is 12.8. The number of carbonyl (C=O) groups excluding carboxylic acids is 3. The van der Waals surface area contributed by atoms with Gasteiger partial charge in [-0.2, -0.15) is 0 Å². The van der Waals surface area contributed by atoms with Gasteiger partial charge in [-0.15, -0.1) is 0 Å². The van der Waals surface area contributed by atoms with Gasteiger partial charge in [-0.25, -0.2) is 0 Å². The highest BCUT2D eigenvalue weighted by Gasteiger charge is 2.19. The summed E-state index contributed by atoms with van der Waals surface area (Å²) in [6, 6.07) is 0. The summed E-state index contributed by atoms with van der Waals surface area (Å²) in [6.45, 7) is 6.33. The molecule has 0 heterocycles. The maximum atomic E-state index is 12.9. The smallest absolute Gasteiger partial charge is 0.306 e. The summed E-state index contributed by atoms with van der Waals surface area (Å²) in [5, 5.41) is 0. The molecule has 0 spiro atoms. The molecule has 0 N–H and O–H groups in total. The van der Waals surface area contributed by atoms with Crippen LogP contribution in [-0.2, 0) is 28.6 Å². The number of unbranched alkanes of at least 4 members (excludes halogenated alkanes) is 20. The maximum Gasteiger partial charge on any atom is 0.306 e. The Morgan fingerprint density at radius 1 is 0.273 bits per heavy atom. The van der Waals surface area contributed by atoms with Crippen LogP contribution < -0.4 is 0 Å². The van der Waals surface area contributed by atoms with Crippen molar-refractivity contribution in [2.45, 2.75) is 271 Å². The highest BCUT2D eigenvalue weighted by molar-refractivity contribution is 5.71. The van der Waals surface area contributed by atoms with Crippen LogP contribution in [0.15, 0.2) is 146 Å². The zero-order valence-electron chi connectivity index (χ0n) is 49.7. The van der Waals surface area contributed by atoms with E-state index in [0.29, 0.717) is 19.3 Å². The van der Waals surface area contributed by atoms with Crippen molar-refractivity contribution < 1.29 is 28.6 Å². The van der Waals surface area contributed by atoms with Gasteiger partial charge in [-0.3, -0.25) is 14.4 Å². The van der Waals surface area contributed by atoms with E-state index in [0.717, 1.165) is 109 Å². The summed E-state index contributed by atoms with van der Waals surface area (Å²) < 4.78 is 16.8. The van der Waals surface area contributed by atoms with E-state index < -0.39 is 6.10 Å². The molecule has 0 aliphatic carbocycles. The molecule has 0 aliphatic rings. The summed E-state index contributed by atoms with van der Waals surface area (Å²) in [4.78, 5) is 38.3. The van der Waals surface area contributed by atoms with Crippen LogP contribution in [0.2, 0.25) is 0 Å². The van der Waals surface area contributed by atoms with E-state index >= 15 is 0 Å². The summed E-state index contributed by atoms with van der Waals surface area (Å²) in [7, 11) is 0. The number of carbonyl (C=O) groups is 3. The molecule has 1 unspecified atom stereocenters. The van der Waals surface area contributed by atoms with E-state index in [9.17, 15) is 14.4 Å². The molecule has 434 valence electrons. The van der Waals surface area contributed by atoms with Gasteiger partial charge in [0.2, 0.25) is 0 Å². The topological polar surface area (TPSA) is 78.9 Å². The van der Waals surface area contributed by atoms with Crippen molar-refractivity contribution in [3.05, 3.63) is 146 Å². The molecule has 0 saturated carbocycles. The minimum absolute atomic E-state index is 0.129. The van der Waals surface area contributed by atoms with Gasteiger partial charge in [0.15, 0.2) is 6.10 Å². The molecule has 77 heavy (non-hydrogen) atoms. The summed E-state index contributed by atoms with van der Waals surface area (Å²) in [5.74, 6) is -1.04. The van der Waals surface area contributed by atoms with Gasteiger partial charge < -0.3 is 14.2 Å². The Morgan fingerprint density at radius 2 is 0.506 bits per heavy atom. The first-order chi connectivity index (χ1) is 38.0. The highest BCUT2D eigenvalue weighted by atomic mass is 16.6. The van der Waals surface area contributed by atoms with Gasteiger partial charge in [0.05, 0.1) is 0 Å². The fourth-order valence-corrected chi connectivity index (χ4v) is 8.23. The monoisotopic (exact) mass is 1060 g/mol. The fraction of sp³-hybridized carbons (Fsp3) is 0.620. The fourth-order valence-electron chi connectivity index (χ4n) is 8.23. The largest absolute Gasteiger partial charge is 0.462 e. The van der Waals surface area contributed by atoms with E-state index in [4.69, 9.17) is 14.2 Å². The van der Waals surface area contributed by atoms with Crippen LogP contribution in [0.25, 0.3) is 0 Å². The number of esters is 3. The first-order valence-electron chi connectivity index (χ1n) is 31.3. The Labute approximate surface area is 474 Å². The molecule has 0 aromatic rings. The number of ether oxygens (including phenoxy) is 3. The molecule has 0 rings (SSSR count). The average Bonchev–Trinajstić information content (AvgIpc) is 3.43. The molecule has 0 aromatic carbocycles. The molecule has 1 atom stereocenters. The first kappa shape index (κ1) is 72.3. The average molecular weight is 1060 g/mol. The van der Waals surface area contributed by atoms with Crippen LogP contribution in [0.1, 0.15) is 265 Å². The molecule has 0 radical (unpaired) electrons. The summed E-state index contributed by atoms with van der Waals surface area (Å²) >= 11 is 0. The molecule has 0 amide bonds. The molecule has 0 aliphatic heterocycles. The van der Waals surface area contributed by atoms with E-state index in [2.05, 4.69) is 167 Å². The second-order valence-corrected chi connectivity index (χ2v) is 20.2. The Kier molecular flexibility index (Phi) is 59.9. The Hall–Kier alpha value is -4.71. The second kappa shape index (κ2) is 63.8.